The third-order valence-corrected chi connectivity index (χ3v) is 6.40. The lowest BCUT2D eigenvalue weighted by Crippen LogP contribution is -2.46. The van der Waals surface area contributed by atoms with Crippen molar-refractivity contribution in [3.63, 3.8) is 0 Å². The zero-order valence-electron chi connectivity index (χ0n) is 18.1. The second-order valence-corrected chi connectivity index (χ2v) is 8.70. The third kappa shape index (κ3) is 5.60. The number of rotatable bonds is 5. The van der Waals surface area contributed by atoms with Crippen molar-refractivity contribution < 1.29 is 0 Å². The molecule has 0 amide bonds. The van der Waals surface area contributed by atoms with Gasteiger partial charge in [0.2, 0.25) is 0 Å². The molecule has 2 heterocycles. The van der Waals surface area contributed by atoms with Crippen LogP contribution in [0.5, 0.6) is 0 Å². The molecular formula is C22H38N6. The smallest absolute Gasteiger partial charge is 0.191 e. The van der Waals surface area contributed by atoms with Crippen molar-refractivity contribution in [1.82, 2.24) is 20.5 Å². The predicted molar refractivity (Wildman–Crippen MR) is 118 cm³/mol. The van der Waals surface area contributed by atoms with Gasteiger partial charge in [-0.15, -0.1) is 0 Å². The normalized spacial score (nSPS) is 24.5. The van der Waals surface area contributed by atoms with Crippen LogP contribution in [-0.2, 0) is 6.54 Å². The molecule has 1 saturated heterocycles. The van der Waals surface area contributed by atoms with Crippen molar-refractivity contribution in [2.45, 2.75) is 52.1 Å². The average molecular weight is 387 g/mol. The van der Waals surface area contributed by atoms with Crippen LogP contribution in [0.2, 0.25) is 0 Å². The van der Waals surface area contributed by atoms with E-state index in [1.54, 1.807) is 0 Å². The van der Waals surface area contributed by atoms with Crippen molar-refractivity contribution in [2.24, 2.45) is 16.8 Å². The standard InChI is InChI=1S/C22H38N6/c1-17(2)18-7-9-20(10-8-18)26-22(23-3)25-16-19-6-5-11-24-21(19)28-14-12-27(4)13-15-28/h5-6,11,17-18,20H,7-10,12-16H2,1-4H3,(H2,23,25,26). The first-order valence-corrected chi connectivity index (χ1v) is 10.9. The molecule has 2 N–H and O–H groups in total. The van der Waals surface area contributed by atoms with E-state index in [1.807, 2.05) is 19.3 Å². The van der Waals surface area contributed by atoms with Crippen molar-refractivity contribution >= 4 is 11.8 Å². The summed E-state index contributed by atoms with van der Waals surface area (Å²) in [6.45, 7) is 9.70. The minimum absolute atomic E-state index is 0.534. The number of nitrogens with one attached hydrogen (secondary N) is 2. The predicted octanol–water partition coefficient (Wildman–Crippen LogP) is 2.71. The summed E-state index contributed by atoms with van der Waals surface area (Å²) in [5, 5.41) is 7.16. The molecule has 0 unspecified atom stereocenters. The Labute approximate surface area is 170 Å². The SMILES string of the molecule is CN=C(NCc1cccnc1N1CCN(C)CC1)NC1CCC(C(C)C)CC1. The number of hydrogen-bond acceptors (Lipinski definition) is 4. The molecule has 1 aromatic heterocycles. The molecule has 28 heavy (non-hydrogen) atoms. The van der Waals surface area contributed by atoms with Crippen molar-refractivity contribution in [3.8, 4) is 0 Å². The van der Waals surface area contributed by atoms with Crippen LogP contribution in [0.25, 0.3) is 0 Å². The van der Waals surface area contributed by atoms with E-state index in [0.717, 1.165) is 56.3 Å². The molecule has 0 spiro atoms. The molecule has 2 aliphatic rings. The van der Waals surface area contributed by atoms with Crippen LogP contribution < -0.4 is 15.5 Å². The van der Waals surface area contributed by atoms with E-state index in [-0.39, 0.29) is 0 Å². The number of hydrogen-bond donors (Lipinski definition) is 2. The summed E-state index contributed by atoms with van der Waals surface area (Å²) >= 11 is 0. The van der Waals surface area contributed by atoms with E-state index in [2.05, 4.69) is 57.4 Å². The zero-order chi connectivity index (χ0) is 19.9. The number of nitrogens with zero attached hydrogens (tertiary/aromatic N) is 4. The minimum Gasteiger partial charge on any atom is -0.354 e. The summed E-state index contributed by atoms with van der Waals surface area (Å²) < 4.78 is 0. The maximum Gasteiger partial charge on any atom is 0.191 e. The number of anilines is 1. The number of aliphatic imine (C=N–C) groups is 1. The van der Waals surface area contributed by atoms with E-state index < -0.39 is 0 Å². The Morgan fingerprint density at radius 1 is 1.18 bits per heavy atom. The van der Waals surface area contributed by atoms with E-state index in [0.29, 0.717) is 6.04 Å². The van der Waals surface area contributed by atoms with Gasteiger partial charge in [0.1, 0.15) is 5.82 Å². The van der Waals surface area contributed by atoms with Gasteiger partial charge >= 0.3 is 0 Å². The highest BCUT2D eigenvalue weighted by atomic mass is 15.3. The summed E-state index contributed by atoms with van der Waals surface area (Å²) in [4.78, 5) is 13.9. The molecule has 6 heteroatoms. The largest absolute Gasteiger partial charge is 0.354 e. The van der Waals surface area contributed by atoms with E-state index in [9.17, 15) is 0 Å². The van der Waals surface area contributed by atoms with Crippen molar-refractivity contribution in [3.05, 3.63) is 23.9 Å². The molecular weight excluding hydrogens is 348 g/mol. The van der Waals surface area contributed by atoms with Crippen LogP contribution in [-0.4, -0.2) is 62.2 Å². The first kappa shape index (κ1) is 20.9. The number of aromatic nitrogens is 1. The molecule has 1 saturated carbocycles. The van der Waals surface area contributed by atoms with Gasteiger partial charge in [0, 0.05) is 57.6 Å². The molecule has 1 aliphatic carbocycles. The maximum absolute atomic E-state index is 4.68. The summed E-state index contributed by atoms with van der Waals surface area (Å²) in [6, 6.07) is 4.74. The van der Waals surface area contributed by atoms with Gasteiger partial charge in [-0.1, -0.05) is 19.9 Å². The van der Waals surface area contributed by atoms with Gasteiger partial charge < -0.3 is 20.4 Å². The van der Waals surface area contributed by atoms with Crippen molar-refractivity contribution in [1.29, 1.82) is 0 Å². The Balaban J connectivity index is 1.53. The molecule has 0 atom stereocenters. The molecule has 6 nitrogen and oxygen atoms in total. The average Bonchev–Trinajstić information content (AvgIpc) is 2.72. The fraction of sp³-hybridized carbons (Fsp3) is 0.727. The van der Waals surface area contributed by atoms with Gasteiger partial charge in [0.25, 0.3) is 0 Å². The highest BCUT2D eigenvalue weighted by Crippen LogP contribution is 2.29. The van der Waals surface area contributed by atoms with Crippen molar-refractivity contribution in [2.75, 3.05) is 45.2 Å². The first-order chi connectivity index (χ1) is 13.6. The van der Waals surface area contributed by atoms with E-state index in [1.165, 1.54) is 31.2 Å². The highest BCUT2D eigenvalue weighted by Gasteiger charge is 2.24. The monoisotopic (exact) mass is 386 g/mol. The van der Waals surface area contributed by atoms with Gasteiger partial charge in [0.15, 0.2) is 5.96 Å². The summed E-state index contributed by atoms with van der Waals surface area (Å²) in [6.07, 6.45) is 7.02. The van der Waals surface area contributed by atoms with Crippen LogP contribution in [0.3, 0.4) is 0 Å². The van der Waals surface area contributed by atoms with Gasteiger partial charge in [-0.05, 0) is 50.6 Å². The molecule has 0 radical (unpaired) electrons. The maximum atomic E-state index is 4.68. The van der Waals surface area contributed by atoms with Crippen LogP contribution in [0.15, 0.2) is 23.3 Å². The number of likely N-dealkylation sites (N-methyl/N-ethyl adjacent to an activating group) is 1. The molecule has 0 aromatic carbocycles. The lowest BCUT2D eigenvalue weighted by Gasteiger charge is -2.34. The second-order valence-electron chi connectivity index (χ2n) is 8.70. The second kappa shape index (κ2) is 10.1. The topological polar surface area (TPSA) is 55.8 Å². The zero-order valence-corrected chi connectivity index (χ0v) is 18.1. The lowest BCUT2D eigenvalue weighted by atomic mass is 9.80. The van der Waals surface area contributed by atoms with Gasteiger partial charge in [0.05, 0.1) is 0 Å². The van der Waals surface area contributed by atoms with Gasteiger partial charge in [-0.3, -0.25) is 4.99 Å². The molecule has 1 aliphatic heterocycles. The van der Waals surface area contributed by atoms with Gasteiger partial charge in [-0.25, -0.2) is 4.98 Å². The van der Waals surface area contributed by atoms with E-state index >= 15 is 0 Å². The summed E-state index contributed by atoms with van der Waals surface area (Å²) in [5.41, 5.74) is 1.23. The number of piperazine rings is 1. The summed E-state index contributed by atoms with van der Waals surface area (Å²) in [5.74, 6) is 3.70. The Kier molecular flexibility index (Phi) is 7.54. The Morgan fingerprint density at radius 2 is 1.89 bits per heavy atom. The summed E-state index contributed by atoms with van der Waals surface area (Å²) in [7, 11) is 4.04. The fourth-order valence-corrected chi connectivity index (χ4v) is 4.37. The van der Waals surface area contributed by atoms with E-state index in [4.69, 9.17) is 0 Å². The first-order valence-electron chi connectivity index (χ1n) is 10.9. The molecule has 0 bridgehead atoms. The van der Waals surface area contributed by atoms with Crippen LogP contribution in [0.4, 0.5) is 5.82 Å². The quantitative estimate of drug-likeness (QED) is 0.602. The molecule has 1 aromatic rings. The fourth-order valence-electron chi connectivity index (χ4n) is 4.37. The molecule has 156 valence electrons. The molecule has 2 fully saturated rings. The molecule has 3 rings (SSSR count). The number of guanidine groups is 1. The van der Waals surface area contributed by atoms with Crippen LogP contribution >= 0.6 is 0 Å². The van der Waals surface area contributed by atoms with Crippen LogP contribution in [0.1, 0.15) is 45.1 Å². The minimum atomic E-state index is 0.534. The Hall–Kier alpha value is -1.82. The Bertz CT molecular complexity index is 628. The third-order valence-electron chi connectivity index (χ3n) is 6.40. The Morgan fingerprint density at radius 3 is 2.54 bits per heavy atom. The highest BCUT2D eigenvalue weighted by molar-refractivity contribution is 5.80. The lowest BCUT2D eigenvalue weighted by molar-refractivity contribution is 0.250. The van der Waals surface area contributed by atoms with Gasteiger partial charge in [-0.2, -0.15) is 0 Å². The van der Waals surface area contributed by atoms with Crippen LogP contribution in [0, 0.1) is 11.8 Å². The number of pyridine rings is 1.